The summed E-state index contributed by atoms with van der Waals surface area (Å²) in [4.78, 5) is 46.5. The van der Waals surface area contributed by atoms with E-state index in [1.165, 1.54) is 11.1 Å². The SMILES string of the molecule is CCCCN(CCCO)C(=O)CN1C[C@H](c2ccc(C)c(CCC)c2)[C@@H](C(=O)O)[C@@H]1CCN1CCCN(C)C1=O. The Morgan fingerprint density at radius 3 is 2.52 bits per heavy atom. The average molecular weight is 559 g/mol. The first kappa shape index (κ1) is 31.9. The van der Waals surface area contributed by atoms with E-state index >= 15 is 0 Å². The molecule has 9 nitrogen and oxygen atoms in total. The number of aliphatic hydroxyl groups is 1. The van der Waals surface area contributed by atoms with Gasteiger partial charge < -0.3 is 24.9 Å². The van der Waals surface area contributed by atoms with E-state index < -0.39 is 11.9 Å². The quantitative estimate of drug-likeness (QED) is 0.341. The highest BCUT2D eigenvalue weighted by atomic mass is 16.4. The first-order valence-electron chi connectivity index (χ1n) is 15.2. The summed E-state index contributed by atoms with van der Waals surface area (Å²) in [5, 5.41) is 19.9. The number of carboxylic acid groups (broad SMARTS) is 1. The van der Waals surface area contributed by atoms with Gasteiger partial charge in [0.15, 0.2) is 0 Å². The van der Waals surface area contributed by atoms with E-state index in [-0.39, 0.29) is 37.0 Å². The molecule has 0 unspecified atom stereocenters. The smallest absolute Gasteiger partial charge is 0.319 e. The van der Waals surface area contributed by atoms with Crippen LogP contribution in [0.2, 0.25) is 0 Å². The van der Waals surface area contributed by atoms with Crippen LogP contribution in [0.3, 0.4) is 0 Å². The molecule has 2 aliphatic rings. The molecule has 0 spiro atoms. The van der Waals surface area contributed by atoms with Gasteiger partial charge in [-0.15, -0.1) is 0 Å². The second-order valence-electron chi connectivity index (χ2n) is 11.5. The molecule has 3 amide bonds. The van der Waals surface area contributed by atoms with Gasteiger partial charge in [-0.1, -0.05) is 44.9 Å². The standard InChI is InChI=1S/C31H50N4O5/c1-5-7-15-33(17-9-19-36)28(37)22-35-21-26(25-12-11-23(3)24(20-25)10-6-2)29(30(38)39)27(35)13-18-34-16-8-14-32(4)31(34)40/h11-12,20,26-27,29,36H,5-10,13-19,21-22H2,1-4H3,(H,38,39)/t26-,27+,29-/m1/s1. The number of carbonyl (C=O) groups excluding carboxylic acids is 2. The summed E-state index contributed by atoms with van der Waals surface area (Å²) in [5.74, 6) is -1.80. The van der Waals surface area contributed by atoms with Crippen LogP contribution in [0.15, 0.2) is 18.2 Å². The van der Waals surface area contributed by atoms with Gasteiger partial charge >= 0.3 is 12.0 Å². The van der Waals surface area contributed by atoms with Crippen molar-refractivity contribution in [2.24, 2.45) is 5.92 Å². The van der Waals surface area contributed by atoms with Gasteiger partial charge in [-0.05, 0) is 55.7 Å². The Bertz CT molecular complexity index is 994. The largest absolute Gasteiger partial charge is 0.481 e. The second-order valence-corrected chi connectivity index (χ2v) is 11.5. The zero-order valence-corrected chi connectivity index (χ0v) is 25.0. The van der Waals surface area contributed by atoms with Gasteiger partial charge in [-0.25, -0.2) is 4.79 Å². The molecule has 224 valence electrons. The number of hydrogen-bond donors (Lipinski definition) is 2. The van der Waals surface area contributed by atoms with Crippen LogP contribution < -0.4 is 0 Å². The van der Waals surface area contributed by atoms with Crippen LogP contribution in [0.4, 0.5) is 4.79 Å². The van der Waals surface area contributed by atoms with Crippen LogP contribution in [0.5, 0.6) is 0 Å². The summed E-state index contributed by atoms with van der Waals surface area (Å²) < 4.78 is 0. The van der Waals surface area contributed by atoms with E-state index in [0.29, 0.717) is 45.6 Å². The van der Waals surface area contributed by atoms with E-state index in [9.17, 15) is 24.6 Å². The Morgan fingerprint density at radius 1 is 1.10 bits per heavy atom. The minimum Gasteiger partial charge on any atom is -0.481 e. The number of nitrogens with zero attached hydrogens (tertiary/aromatic N) is 4. The van der Waals surface area contributed by atoms with Gasteiger partial charge in [0.2, 0.25) is 5.91 Å². The average Bonchev–Trinajstić information content (AvgIpc) is 3.29. The van der Waals surface area contributed by atoms with Gasteiger partial charge in [-0.2, -0.15) is 0 Å². The second kappa shape index (κ2) is 15.4. The Kier molecular flexibility index (Phi) is 12.3. The van der Waals surface area contributed by atoms with Crippen molar-refractivity contribution in [1.29, 1.82) is 0 Å². The summed E-state index contributed by atoms with van der Waals surface area (Å²) in [6, 6.07) is 5.92. The van der Waals surface area contributed by atoms with Crippen molar-refractivity contribution in [3.05, 3.63) is 34.9 Å². The van der Waals surface area contributed by atoms with Crippen molar-refractivity contribution < 1.29 is 24.6 Å². The highest BCUT2D eigenvalue weighted by Crippen LogP contribution is 2.40. The number of urea groups is 1. The van der Waals surface area contributed by atoms with Crippen LogP contribution in [0, 0.1) is 12.8 Å². The van der Waals surface area contributed by atoms with E-state index in [1.54, 1.807) is 11.9 Å². The minimum atomic E-state index is -0.854. The van der Waals surface area contributed by atoms with Crippen molar-refractivity contribution in [2.45, 2.75) is 77.7 Å². The summed E-state index contributed by atoms with van der Waals surface area (Å²) in [7, 11) is 1.80. The predicted molar refractivity (Wildman–Crippen MR) is 156 cm³/mol. The normalized spacial score (nSPS) is 21.7. The molecule has 2 fully saturated rings. The van der Waals surface area contributed by atoms with Crippen LogP contribution in [-0.4, -0.2) is 113 Å². The molecule has 2 saturated heterocycles. The fraction of sp³-hybridized carbons (Fsp3) is 0.710. The number of amides is 3. The first-order valence-corrected chi connectivity index (χ1v) is 15.2. The van der Waals surface area contributed by atoms with E-state index in [0.717, 1.165) is 44.2 Å². The fourth-order valence-corrected chi connectivity index (χ4v) is 6.32. The molecule has 0 aliphatic carbocycles. The first-order chi connectivity index (χ1) is 19.2. The molecule has 9 heteroatoms. The fourth-order valence-electron chi connectivity index (χ4n) is 6.32. The molecule has 2 heterocycles. The Labute approximate surface area is 240 Å². The van der Waals surface area contributed by atoms with Crippen molar-refractivity contribution in [3.8, 4) is 0 Å². The third kappa shape index (κ3) is 7.97. The number of benzene rings is 1. The number of hydrogen-bond acceptors (Lipinski definition) is 5. The molecule has 0 radical (unpaired) electrons. The van der Waals surface area contributed by atoms with E-state index in [2.05, 4.69) is 43.9 Å². The lowest BCUT2D eigenvalue weighted by molar-refractivity contribution is -0.144. The lowest BCUT2D eigenvalue weighted by Gasteiger charge is -2.35. The number of likely N-dealkylation sites (tertiary alicyclic amines) is 1. The zero-order chi connectivity index (χ0) is 29.2. The number of aliphatic carboxylic acids is 1. The Morgan fingerprint density at radius 2 is 1.85 bits per heavy atom. The highest BCUT2D eigenvalue weighted by Gasteiger charge is 2.47. The van der Waals surface area contributed by atoms with Crippen LogP contribution >= 0.6 is 0 Å². The van der Waals surface area contributed by atoms with Crippen LogP contribution in [0.1, 0.15) is 75.0 Å². The van der Waals surface area contributed by atoms with E-state index in [4.69, 9.17) is 0 Å². The summed E-state index contributed by atoms with van der Waals surface area (Å²) in [5.41, 5.74) is 3.47. The summed E-state index contributed by atoms with van der Waals surface area (Å²) in [6.07, 6.45) is 5.71. The maximum atomic E-state index is 13.5. The van der Waals surface area contributed by atoms with Crippen molar-refractivity contribution in [2.75, 3.05) is 59.5 Å². The van der Waals surface area contributed by atoms with Gasteiger partial charge in [-0.3, -0.25) is 14.5 Å². The van der Waals surface area contributed by atoms with Crippen LogP contribution in [0.25, 0.3) is 0 Å². The zero-order valence-electron chi connectivity index (χ0n) is 25.0. The lowest BCUT2D eigenvalue weighted by Crippen LogP contribution is -2.50. The molecule has 1 aromatic carbocycles. The molecule has 0 aromatic heterocycles. The number of carbonyl (C=O) groups is 3. The monoisotopic (exact) mass is 558 g/mol. The Hall–Kier alpha value is -2.65. The molecule has 3 rings (SSSR count). The lowest BCUT2D eigenvalue weighted by atomic mass is 9.83. The summed E-state index contributed by atoms with van der Waals surface area (Å²) in [6.45, 7) is 9.96. The van der Waals surface area contributed by atoms with Crippen LogP contribution in [-0.2, 0) is 16.0 Å². The number of aryl methyl sites for hydroxylation is 2. The van der Waals surface area contributed by atoms with Crippen molar-refractivity contribution in [1.82, 2.24) is 19.6 Å². The third-order valence-electron chi connectivity index (χ3n) is 8.63. The molecule has 2 N–H and O–H groups in total. The van der Waals surface area contributed by atoms with Gasteiger partial charge in [0.05, 0.1) is 12.5 Å². The third-order valence-corrected chi connectivity index (χ3v) is 8.63. The molecule has 2 aliphatic heterocycles. The minimum absolute atomic E-state index is 0.0206. The number of aliphatic hydroxyl groups excluding tert-OH is 1. The molecular formula is C31H50N4O5. The number of unbranched alkanes of at least 4 members (excludes halogenated alkanes) is 1. The predicted octanol–water partition coefficient (Wildman–Crippen LogP) is 3.57. The molecule has 0 saturated carbocycles. The molecule has 3 atom stereocenters. The number of carboxylic acids is 1. The molecule has 40 heavy (non-hydrogen) atoms. The molecule has 1 aromatic rings. The maximum Gasteiger partial charge on any atom is 0.319 e. The van der Waals surface area contributed by atoms with E-state index in [1.807, 2.05) is 9.80 Å². The summed E-state index contributed by atoms with van der Waals surface area (Å²) >= 11 is 0. The van der Waals surface area contributed by atoms with Crippen molar-refractivity contribution in [3.63, 3.8) is 0 Å². The topological polar surface area (TPSA) is 105 Å². The molecule has 0 bridgehead atoms. The highest BCUT2D eigenvalue weighted by molar-refractivity contribution is 5.79. The molecular weight excluding hydrogens is 508 g/mol. The van der Waals surface area contributed by atoms with Crippen molar-refractivity contribution >= 4 is 17.9 Å². The Balaban J connectivity index is 1.90. The maximum absolute atomic E-state index is 13.5. The van der Waals surface area contributed by atoms with Gasteiger partial charge in [0.1, 0.15) is 0 Å². The van der Waals surface area contributed by atoms with Gasteiger partial charge in [0, 0.05) is 64.9 Å². The number of rotatable bonds is 15. The van der Waals surface area contributed by atoms with Gasteiger partial charge in [0.25, 0.3) is 0 Å².